The van der Waals surface area contributed by atoms with Crippen molar-refractivity contribution in [2.75, 3.05) is 11.1 Å². The van der Waals surface area contributed by atoms with Crippen molar-refractivity contribution < 1.29 is 13.6 Å². The molecule has 0 saturated carbocycles. The second-order valence-corrected chi connectivity index (χ2v) is 5.76. The summed E-state index contributed by atoms with van der Waals surface area (Å²) in [6.07, 6.45) is 1.41. The van der Waals surface area contributed by atoms with Crippen molar-refractivity contribution in [2.24, 2.45) is 0 Å². The summed E-state index contributed by atoms with van der Waals surface area (Å²) in [5.74, 6) is -1.31. The van der Waals surface area contributed by atoms with Crippen molar-refractivity contribution in [3.8, 4) is 0 Å². The predicted molar refractivity (Wildman–Crippen MR) is 77.9 cm³/mol. The first-order chi connectivity index (χ1) is 10.5. The third-order valence-corrected chi connectivity index (χ3v) is 4.35. The van der Waals surface area contributed by atoms with Crippen LogP contribution in [0.25, 0.3) is 0 Å². The van der Waals surface area contributed by atoms with Gasteiger partial charge in [-0.3, -0.25) is 14.2 Å². The molecule has 2 heterocycles. The number of hydrogen-bond acceptors (Lipinski definition) is 4. The van der Waals surface area contributed by atoms with Crippen LogP contribution >= 0.6 is 11.8 Å². The number of nitrogens with one attached hydrogen (secondary N) is 1. The van der Waals surface area contributed by atoms with E-state index in [0.717, 1.165) is 18.2 Å². The first kappa shape index (κ1) is 14.7. The highest BCUT2D eigenvalue weighted by Gasteiger charge is 2.27. The Kier molecular flexibility index (Phi) is 3.93. The van der Waals surface area contributed by atoms with E-state index in [1.807, 2.05) is 0 Å². The summed E-state index contributed by atoms with van der Waals surface area (Å²) in [7, 11) is 0. The Bertz CT molecular complexity index is 794. The van der Waals surface area contributed by atoms with Crippen LogP contribution in [0, 0.1) is 11.6 Å². The Hall–Kier alpha value is -2.22. The molecule has 0 fully saturated rings. The van der Waals surface area contributed by atoms with E-state index in [1.54, 1.807) is 0 Å². The molecule has 1 aliphatic rings. The number of rotatable bonds is 3. The van der Waals surface area contributed by atoms with Gasteiger partial charge in [0.2, 0.25) is 5.91 Å². The highest BCUT2D eigenvalue weighted by Crippen LogP contribution is 2.31. The van der Waals surface area contributed by atoms with Crippen LogP contribution in [-0.4, -0.2) is 21.2 Å². The lowest BCUT2D eigenvalue weighted by molar-refractivity contribution is -0.116. The van der Waals surface area contributed by atoms with Crippen molar-refractivity contribution in [2.45, 2.75) is 17.6 Å². The molecule has 0 spiro atoms. The molecule has 5 nitrogen and oxygen atoms in total. The number of fused-ring (bicyclic) bond motifs is 1. The zero-order valence-corrected chi connectivity index (χ0v) is 12.1. The highest BCUT2D eigenvalue weighted by molar-refractivity contribution is 7.99. The maximum atomic E-state index is 13.5. The molecule has 2 aromatic rings. The van der Waals surface area contributed by atoms with Gasteiger partial charge in [-0.2, -0.15) is 0 Å². The molecule has 1 N–H and O–H groups in total. The molecule has 0 radical (unpaired) electrons. The maximum Gasteiger partial charge on any atom is 0.254 e. The minimum Gasteiger partial charge on any atom is -0.323 e. The number of thioether (sulfide) groups is 1. The third kappa shape index (κ3) is 2.87. The minimum absolute atomic E-state index is 0.0123. The summed E-state index contributed by atoms with van der Waals surface area (Å²) in [6.45, 7) is 0. The topological polar surface area (TPSA) is 64.0 Å². The summed E-state index contributed by atoms with van der Waals surface area (Å²) in [4.78, 5) is 27.9. The number of carbonyl (C=O) groups is 1. The van der Waals surface area contributed by atoms with Crippen molar-refractivity contribution >= 4 is 23.4 Å². The van der Waals surface area contributed by atoms with Crippen LogP contribution in [-0.2, 0) is 4.79 Å². The SMILES string of the molecule is O=C(CC1CSc2nccc(=O)n21)Nc1cc(F)ccc1F. The zero-order chi connectivity index (χ0) is 15.7. The van der Waals surface area contributed by atoms with E-state index in [0.29, 0.717) is 10.9 Å². The molecule has 1 atom stereocenters. The van der Waals surface area contributed by atoms with E-state index in [9.17, 15) is 18.4 Å². The molecule has 8 heteroatoms. The molecule has 114 valence electrons. The summed E-state index contributed by atoms with van der Waals surface area (Å²) >= 11 is 1.38. The van der Waals surface area contributed by atoms with Gasteiger partial charge in [-0.15, -0.1) is 0 Å². The van der Waals surface area contributed by atoms with Crippen molar-refractivity contribution in [1.29, 1.82) is 0 Å². The fourth-order valence-corrected chi connectivity index (χ4v) is 3.37. The number of carbonyl (C=O) groups excluding carboxylic acids is 1. The summed E-state index contributed by atoms with van der Waals surface area (Å²) in [5.41, 5.74) is -0.445. The standard InChI is InChI=1S/C14H11F2N3O2S/c15-8-1-2-10(16)11(5-8)18-12(20)6-9-7-22-14-17-4-3-13(21)19(9)14/h1-5,9H,6-7H2,(H,18,20). The molecule has 0 bridgehead atoms. The lowest BCUT2D eigenvalue weighted by atomic mass is 10.2. The van der Waals surface area contributed by atoms with Crippen LogP contribution < -0.4 is 10.9 Å². The molecule has 0 saturated heterocycles. The molecule has 22 heavy (non-hydrogen) atoms. The summed E-state index contributed by atoms with van der Waals surface area (Å²) in [6, 6.07) is 3.81. The van der Waals surface area contributed by atoms with Crippen molar-refractivity contribution in [1.82, 2.24) is 9.55 Å². The largest absolute Gasteiger partial charge is 0.323 e. The van der Waals surface area contributed by atoms with Crippen molar-refractivity contribution in [3.63, 3.8) is 0 Å². The van der Waals surface area contributed by atoms with Crippen LogP contribution in [0.5, 0.6) is 0 Å². The average molecular weight is 323 g/mol. The fourth-order valence-electron chi connectivity index (χ4n) is 2.25. The predicted octanol–water partition coefficient (Wildman–Crippen LogP) is 2.20. The lowest BCUT2D eigenvalue weighted by Crippen LogP contribution is -2.27. The third-order valence-electron chi connectivity index (χ3n) is 3.24. The van der Waals surface area contributed by atoms with Gasteiger partial charge in [-0.05, 0) is 12.1 Å². The van der Waals surface area contributed by atoms with Crippen LogP contribution in [0.4, 0.5) is 14.5 Å². The zero-order valence-electron chi connectivity index (χ0n) is 11.3. The van der Waals surface area contributed by atoms with Crippen LogP contribution in [0.15, 0.2) is 40.4 Å². The lowest BCUT2D eigenvalue weighted by Gasteiger charge is -2.13. The van der Waals surface area contributed by atoms with Crippen molar-refractivity contribution in [3.05, 3.63) is 52.5 Å². The Morgan fingerprint density at radius 3 is 3.05 bits per heavy atom. The Labute approximate surface area is 128 Å². The van der Waals surface area contributed by atoms with E-state index in [4.69, 9.17) is 0 Å². The van der Waals surface area contributed by atoms with Gasteiger partial charge in [0.15, 0.2) is 5.16 Å². The van der Waals surface area contributed by atoms with E-state index in [1.165, 1.54) is 28.6 Å². The number of aromatic nitrogens is 2. The monoisotopic (exact) mass is 323 g/mol. The Morgan fingerprint density at radius 2 is 2.23 bits per heavy atom. The maximum absolute atomic E-state index is 13.5. The number of amides is 1. The normalized spacial score (nSPS) is 16.4. The van der Waals surface area contributed by atoms with Gasteiger partial charge >= 0.3 is 0 Å². The smallest absolute Gasteiger partial charge is 0.254 e. The quantitative estimate of drug-likeness (QED) is 0.880. The molecule has 1 aromatic carbocycles. The average Bonchev–Trinajstić information content (AvgIpc) is 2.87. The van der Waals surface area contributed by atoms with Crippen LogP contribution in [0.1, 0.15) is 12.5 Å². The minimum atomic E-state index is -0.713. The Morgan fingerprint density at radius 1 is 1.41 bits per heavy atom. The summed E-state index contributed by atoms with van der Waals surface area (Å²) in [5, 5.41) is 2.89. The number of nitrogens with zero attached hydrogens (tertiary/aromatic N) is 2. The van der Waals surface area contributed by atoms with E-state index < -0.39 is 17.5 Å². The number of benzene rings is 1. The molecule has 1 aliphatic heterocycles. The number of anilines is 1. The molecule has 1 aromatic heterocycles. The van der Waals surface area contributed by atoms with Gasteiger partial charge < -0.3 is 5.32 Å². The van der Waals surface area contributed by atoms with Crippen LogP contribution in [0.2, 0.25) is 0 Å². The van der Waals surface area contributed by atoms with Gasteiger partial charge in [0, 0.05) is 30.5 Å². The van der Waals surface area contributed by atoms with Gasteiger partial charge in [-0.25, -0.2) is 13.8 Å². The second kappa shape index (κ2) is 5.88. The molecule has 1 unspecified atom stereocenters. The first-order valence-electron chi connectivity index (χ1n) is 6.50. The van der Waals surface area contributed by atoms with E-state index in [2.05, 4.69) is 10.3 Å². The van der Waals surface area contributed by atoms with Gasteiger partial charge in [0.25, 0.3) is 5.56 Å². The second-order valence-electron chi connectivity index (χ2n) is 4.78. The van der Waals surface area contributed by atoms with E-state index >= 15 is 0 Å². The van der Waals surface area contributed by atoms with Crippen LogP contribution in [0.3, 0.4) is 0 Å². The van der Waals surface area contributed by atoms with Gasteiger partial charge in [0.1, 0.15) is 11.6 Å². The first-order valence-corrected chi connectivity index (χ1v) is 7.48. The van der Waals surface area contributed by atoms with E-state index in [-0.39, 0.29) is 23.7 Å². The van der Waals surface area contributed by atoms with Gasteiger partial charge in [-0.1, -0.05) is 11.8 Å². The number of halogens is 2. The highest BCUT2D eigenvalue weighted by atomic mass is 32.2. The number of hydrogen-bond donors (Lipinski definition) is 1. The molecular weight excluding hydrogens is 312 g/mol. The van der Waals surface area contributed by atoms with Gasteiger partial charge in [0.05, 0.1) is 11.7 Å². The summed E-state index contributed by atoms with van der Waals surface area (Å²) < 4.78 is 28.0. The molecule has 3 rings (SSSR count). The molecule has 1 amide bonds. The molecule has 0 aliphatic carbocycles. The molecular formula is C14H11F2N3O2S. The fraction of sp³-hybridized carbons (Fsp3) is 0.214. The Balaban J connectivity index is 1.74.